The van der Waals surface area contributed by atoms with Gasteiger partial charge in [0.15, 0.2) is 0 Å². The second kappa shape index (κ2) is 5.80. The van der Waals surface area contributed by atoms with Crippen LogP contribution in [0.5, 0.6) is 0 Å². The lowest BCUT2D eigenvalue weighted by atomic mass is 10.1. The summed E-state index contributed by atoms with van der Waals surface area (Å²) in [6.07, 6.45) is 2.02. The third-order valence-corrected chi connectivity index (χ3v) is 2.71. The zero-order valence-corrected chi connectivity index (χ0v) is 10.0. The van der Waals surface area contributed by atoms with Gasteiger partial charge < -0.3 is 4.74 Å². The summed E-state index contributed by atoms with van der Waals surface area (Å²) in [6.45, 7) is 1.82. The first-order valence-corrected chi connectivity index (χ1v) is 5.84. The van der Waals surface area contributed by atoms with Gasteiger partial charge in [0.05, 0.1) is 13.2 Å². The van der Waals surface area contributed by atoms with E-state index in [0.717, 1.165) is 18.4 Å². The molecule has 0 spiro atoms. The molecule has 0 saturated carbocycles. The maximum atomic E-state index is 12.1. The fourth-order valence-corrected chi connectivity index (χ4v) is 1.86. The summed E-state index contributed by atoms with van der Waals surface area (Å²) >= 11 is 0. The lowest BCUT2D eigenvalue weighted by Gasteiger charge is -2.25. The standard InChI is InChI=1S/C13H17NO3/c1-16-10-11-5-4-6-12(9-11)13(15)14-7-2-3-8-17-14/h4-6,9H,2-3,7-8,10H2,1H3. The predicted molar refractivity (Wildman–Crippen MR) is 63.4 cm³/mol. The molecule has 1 amide bonds. The highest BCUT2D eigenvalue weighted by molar-refractivity contribution is 5.93. The third-order valence-electron chi connectivity index (χ3n) is 2.71. The van der Waals surface area contributed by atoms with Crippen LogP contribution in [0.2, 0.25) is 0 Å². The van der Waals surface area contributed by atoms with Crippen molar-refractivity contribution < 1.29 is 14.4 Å². The number of nitrogens with zero attached hydrogens (tertiary/aromatic N) is 1. The molecule has 0 radical (unpaired) electrons. The van der Waals surface area contributed by atoms with Crippen molar-refractivity contribution in [1.82, 2.24) is 5.06 Å². The van der Waals surface area contributed by atoms with Crippen molar-refractivity contribution in [2.24, 2.45) is 0 Å². The van der Waals surface area contributed by atoms with Crippen molar-refractivity contribution in [1.29, 1.82) is 0 Å². The smallest absolute Gasteiger partial charge is 0.277 e. The van der Waals surface area contributed by atoms with E-state index in [2.05, 4.69) is 0 Å². The summed E-state index contributed by atoms with van der Waals surface area (Å²) in [4.78, 5) is 17.5. The lowest BCUT2D eigenvalue weighted by Crippen LogP contribution is -2.35. The summed E-state index contributed by atoms with van der Waals surface area (Å²) in [6, 6.07) is 7.46. The van der Waals surface area contributed by atoms with Gasteiger partial charge in [-0.05, 0) is 30.5 Å². The van der Waals surface area contributed by atoms with Crippen molar-refractivity contribution in [3.8, 4) is 0 Å². The second-order valence-corrected chi connectivity index (χ2v) is 4.08. The van der Waals surface area contributed by atoms with Gasteiger partial charge in [0, 0.05) is 19.2 Å². The number of amides is 1. The Bertz CT molecular complexity index is 386. The molecule has 4 nitrogen and oxygen atoms in total. The van der Waals surface area contributed by atoms with Crippen LogP contribution in [0.15, 0.2) is 24.3 Å². The number of hydrogen-bond acceptors (Lipinski definition) is 3. The largest absolute Gasteiger partial charge is 0.380 e. The van der Waals surface area contributed by atoms with Crippen LogP contribution in [0.3, 0.4) is 0 Å². The van der Waals surface area contributed by atoms with Crippen LogP contribution in [0.4, 0.5) is 0 Å². The summed E-state index contributed by atoms with van der Waals surface area (Å²) in [5.41, 5.74) is 1.65. The number of methoxy groups -OCH3 is 1. The monoisotopic (exact) mass is 235 g/mol. The molecule has 0 N–H and O–H groups in total. The molecule has 1 aromatic rings. The highest BCUT2D eigenvalue weighted by Crippen LogP contribution is 2.13. The van der Waals surface area contributed by atoms with Gasteiger partial charge in [-0.25, -0.2) is 5.06 Å². The highest BCUT2D eigenvalue weighted by Gasteiger charge is 2.19. The minimum absolute atomic E-state index is 0.0670. The molecule has 1 aliphatic rings. The molecular formula is C13H17NO3. The maximum absolute atomic E-state index is 12.1. The van der Waals surface area contributed by atoms with Gasteiger partial charge >= 0.3 is 0 Å². The van der Waals surface area contributed by atoms with Crippen LogP contribution in [0.1, 0.15) is 28.8 Å². The zero-order valence-electron chi connectivity index (χ0n) is 10.0. The number of rotatable bonds is 3. The molecule has 17 heavy (non-hydrogen) atoms. The Balaban J connectivity index is 2.09. The first-order valence-electron chi connectivity index (χ1n) is 5.84. The summed E-state index contributed by atoms with van der Waals surface area (Å²) < 4.78 is 5.05. The summed E-state index contributed by atoms with van der Waals surface area (Å²) in [7, 11) is 1.64. The van der Waals surface area contributed by atoms with E-state index in [4.69, 9.17) is 9.57 Å². The molecule has 1 heterocycles. The third kappa shape index (κ3) is 3.05. The van der Waals surface area contributed by atoms with Crippen molar-refractivity contribution in [3.05, 3.63) is 35.4 Å². The van der Waals surface area contributed by atoms with Crippen LogP contribution < -0.4 is 0 Å². The lowest BCUT2D eigenvalue weighted by molar-refractivity contribution is -0.144. The SMILES string of the molecule is COCc1cccc(C(=O)N2CCCCO2)c1. The van der Waals surface area contributed by atoms with Crippen LogP contribution >= 0.6 is 0 Å². The molecule has 0 atom stereocenters. The van der Waals surface area contributed by atoms with E-state index in [1.165, 1.54) is 5.06 Å². The van der Waals surface area contributed by atoms with Crippen LogP contribution in [-0.2, 0) is 16.2 Å². The number of hydrogen-bond donors (Lipinski definition) is 0. The average Bonchev–Trinajstić information content (AvgIpc) is 2.40. The highest BCUT2D eigenvalue weighted by atomic mass is 16.7. The van der Waals surface area contributed by atoms with Gasteiger partial charge in [-0.3, -0.25) is 9.63 Å². The van der Waals surface area contributed by atoms with Gasteiger partial charge in [-0.2, -0.15) is 0 Å². The van der Waals surface area contributed by atoms with E-state index in [-0.39, 0.29) is 5.91 Å². The second-order valence-electron chi connectivity index (χ2n) is 4.08. The fourth-order valence-electron chi connectivity index (χ4n) is 1.86. The first-order chi connectivity index (χ1) is 8.31. The Morgan fingerprint density at radius 1 is 1.47 bits per heavy atom. The Hall–Kier alpha value is -1.39. The van der Waals surface area contributed by atoms with E-state index in [0.29, 0.717) is 25.3 Å². The summed E-state index contributed by atoms with van der Waals surface area (Å²) in [5.74, 6) is -0.0670. The predicted octanol–water partition coefficient (Wildman–Crippen LogP) is 2.00. The Kier molecular flexibility index (Phi) is 4.12. The molecule has 0 aromatic heterocycles. The normalized spacial score (nSPS) is 15.9. The Morgan fingerprint density at radius 2 is 2.35 bits per heavy atom. The number of carbonyl (C=O) groups excluding carboxylic acids is 1. The van der Waals surface area contributed by atoms with Gasteiger partial charge in [-0.1, -0.05) is 12.1 Å². The number of hydroxylamine groups is 2. The van der Waals surface area contributed by atoms with Crippen molar-refractivity contribution in [2.75, 3.05) is 20.3 Å². The minimum atomic E-state index is -0.0670. The Morgan fingerprint density at radius 3 is 3.06 bits per heavy atom. The van der Waals surface area contributed by atoms with Gasteiger partial charge in [0.25, 0.3) is 5.91 Å². The van der Waals surface area contributed by atoms with E-state index in [1.807, 2.05) is 18.2 Å². The van der Waals surface area contributed by atoms with Crippen molar-refractivity contribution in [2.45, 2.75) is 19.4 Å². The molecule has 0 bridgehead atoms. The minimum Gasteiger partial charge on any atom is -0.380 e. The fraction of sp³-hybridized carbons (Fsp3) is 0.462. The van der Waals surface area contributed by atoms with Crippen molar-refractivity contribution >= 4 is 5.91 Å². The van der Waals surface area contributed by atoms with Gasteiger partial charge in [0.1, 0.15) is 0 Å². The maximum Gasteiger partial charge on any atom is 0.277 e. The molecule has 0 unspecified atom stereocenters. The number of benzene rings is 1. The molecule has 2 rings (SSSR count). The molecule has 92 valence electrons. The van der Waals surface area contributed by atoms with E-state index >= 15 is 0 Å². The van der Waals surface area contributed by atoms with E-state index in [9.17, 15) is 4.79 Å². The Labute approximate surface area is 101 Å². The summed E-state index contributed by atoms with van der Waals surface area (Å²) in [5, 5.41) is 1.45. The van der Waals surface area contributed by atoms with E-state index < -0.39 is 0 Å². The number of ether oxygens (including phenoxy) is 1. The zero-order chi connectivity index (χ0) is 12.1. The molecule has 1 aliphatic heterocycles. The van der Waals surface area contributed by atoms with E-state index in [1.54, 1.807) is 13.2 Å². The van der Waals surface area contributed by atoms with Gasteiger partial charge in [-0.15, -0.1) is 0 Å². The molecular weight excluding hydrogens is 218 g/mol. The van der Waals surface area contributed by atoms with Gasteiger partial charge in [0.2, 0.25) is 0 Å². The molecule has 0 aliphatic carbocycles. The van der Waals surface area contributed by atoms with Crippen molar-refractivity contribution in [3.63, 3.8) is 0 Å². The molecule has 1 aromatic carbocycles. The molecule has 1 fully saturated rings. The molecule has 4 heteroatoms. The average molecular weight is 235 g/mol. The van der Waals surface area contributed by atoms with Crippen LogP contribution in [0.25, 0.3) is 0 Å². The first kappa shape index (κ1) is 12.1. The number of carbonyl (C=O) groups is 1. The quantitative estimate of drug-likeness (QED) is 0.804. The molecule has 1 saturated heterocycles. The van der Waals surface area contributed by atoms with Crippen LogP contribution in [0, 0.1) is 0 Å². The van der Waals surface area contributed by atoms with Crippen LogP contribution in [-0.4, -0.2) is 31.2 Å². The topological polar surface area (TPSA) is 38.8 Å².